The van der Waals surface area contributed by atoms with E-state index in [9.17, 15) is 14.4 Å². The van der Waals surface area contributed by atoms with Crippen LogP contribution >= 0.6 is 0 Å². The summed E-state index contributed by atoms with van der Waals surface area (Å²) in [6.07, 6.45) is 18.9. The zero-order valence-electron chi connectivity index (χ0n) is 22.0. The number of hydrogen-bond acceptors (Lipinski definition) is 4. The zero-order chi connectivity index (χ0) is 26.3. The second-order valence-electron chi connectivity index (χ2n) is 9.59. The normalized spacial score (nSPS) is 10.8. The smallest absolute Gasteiger partial charge is 0.303 e. The molecule has 0 bridgehead atoms. The van der Waals surface area contributed by atoms with Crippen molar-refractivity contribution in [3.63, 3.8) is 0 Å². The number of carboxylic acid groups (broad SMARTS) is 2. The maximum absolute atomic E-state index is 12.3. The monoisotopic (exact) mass is 505 g/mol. The largest absolute Gasteiger partial charge is 0.491 e. The lowest BCUT2D eigenvalue weighted by Crippen LogP contribution is -2.12. The highest BCUT2D eigenvalue weighted by molar-refractivity contribution is 5.92. The molecule has 0 heterocycles. The SMILES string of the molecule is O=C(O)CCCCCCCCCCCCCCCCCC(=O)Nc1ccccc1OCCCC(=O)O. The molecule has 0 saturated carbocycles. The van der Waals surface area contributed by atoms with Gasteiger partial charge in [0, 0.05) is 19.3 Å². The van der Waals surface area contributed by atoms with E-state index in [-0.39, 0.29) is 12.3 Å². The van der Waals surface area contributed by atoms with Gasteiger partial charge in [-0.15, -0.1) is 0 Å². The molecule has 1 aromatic rings. The van der Waals surface area contributed by atoms with Crippen LogP contribution in [0.25, 0.3) is 0 Å². The predicted octanol–water partition coefficient (Wildman–Crippen LogP) is 7.59. The number of anilines is 1. The number of rotatable bonds is 24. The van der Waals surface area contributed by atoms with Gasteiger partial charge in [0.15, 0.2) is 0 Å². The van der Waals surface area contributed by atoms with Gasteiger partial charge in [-0.3, -0.25) is 14.4 Å². The Bertz CT molecular complexity index is 736. The van der Waals surface area contributed by atoms with Crippen LogP contribution in [0, 0.1) is 0 Å². The molecule has 0 atom stereocenters. The number of benzene rings is 1. The van der Waals surface area contributed by atoms with Gasteiger partial charge in [0.1, 0.15) is 5.75 Å². The lowest BCUT2D eigenvalue weighted by Gasteiger charge is -2.12. The molecule has 7 nitrogen and oxygen atoms in total. The van der Waals surface area contributed by atoms with E-state index in [2.05, 4.69) is 5.32 Å². The fourth-order valence-corrected chi connectivity index (χ4v) is 4.17. The Morgan fingerprint density at radius 2 is 1.00 bits per heavy atom. The Hall–Kier alpha value is -2.57. The highest BCUT2D eigenvalue weighted by Crippen LogP contribution is 2.24. The molecule has 204 valence electrons. The molecule has 0 unspecified atom stereocenters. The Morgan fingerprint density at radius 3 is 1.50 bits per heavy atom. The molecule has 1 aromatic carbocycles. The van der Waals surface area contributed by atoms with Crippen molar-refractivity contribution < 1.29 is 29.3 Å². The molecule has 3 N–H and O–H groups in total. The van der Waals surface area contributed by atoms with Crippen LogP contribution in [-0.4, -0.2) is 34.7 Å². The molecular formula is C29H47NO6. The van der Waals surface area contributed by atoms with Gasteiger partial charge in [-0.2, -0.15) is 0 Å². The van der Waals surface area contributed by atoms with E-state index in [0.717, 1.165) is 32.1 Å². The number of para-hydroxylation sites is 2. The zero-order valence-corrected chi connectivity index (χ0v) is 22.0. The first-order chi connectivity index (χ1) is 17.5. The van der Waals surface area contributed by atoms with Crippen LogP contribution in [0.15, 0.2) is 24.3 Å². The molecule has 0 aromatic heterocycles. The standard InChI is InChI=1S/C29H47NO6/c31-27(30-25-19-16-17-20-26(25)36-24-18-23-29(34)35)21-14-12-10-8-6-4-2-1-3-5-7-9-11-13-15-22-28(32)33/h16-17,19-20H,1-15,18,21-24H2,(H,30,31)(H,32,33)(H,34,35). The average molecular weight is 506 g/mol. The van der Waals surface area contributed by atoms with Crippen molar-refractivity contribution in [3.05, 3.63) is 24.3 Å². The van der Waals surface area contributed by atoms with Crippen molar-refractivity contribution in [1.29, 1.82) is 0 Å². The Kier molecular flexibility index (Phi) is 19.0. The summed E-state index contributed by atoms with van der Waals surface area (Å²) in [6.45, 7) is 0.302. The van der Waals surface area contributed by atoms with Crippen LogP contribution in [0.4, 0.5) is 5.69 Å². The lowest BCUT2D eigenvalue weighted by atomic mass is 10.0. The minimum atomic E-state index is -0.842. The molecular weight excluding hydrogens is 458 g/mol. The third-order valence-electron chi connectivity index (χ3n) is 6.25. The third kappa shape index (κ3) is 18.7. The molecule has 1 rings (SSSR count). The number of ether oxygens (including phenoxy) is 1. The summed E-state index contributed by atoms with van der Waals surface area (Å²) in [5.41, 5.74) is 0.633. The van der Waals surface area contributed by atoms with E-state index in [1.165, 1.54) is 64.2 Å². The third-order valence-corrected chi connectivity index (χ3v) is 6.25. The topological polar surface area (TPSA) is 113 Å². The summed E-state index contributed by atoms with van der Waals surface area (Å²) in [5, 5.41) is 20.2. The van der Waals surface area contributed by atoms with E-state index in [0.29, 0.717) is 37.3 Å². The van der Waals surface area contributed by atoms with Crippen molar-refractivity contribution in [2.45, 2.75) is 122 Å². The number of nitrogens with one attached hydrogen (secondary N) is 1. The van der Waals surface area contributed by atoms with Crippen LogP contribution in [0.5, 0.6) is 5.75 Å². The van der Waals surface area contributed by atoms with E-state index >= 15 is 0 Å². The van der Waals surface area contributed by atoms with Crippen molar-refractivity contribution in [2.24, 2.45) is 0 Å². The summed E-state index contributed by atoms with van der Waals surface area (Å²) in [6, 6.07) is 7.25. The van der Waals surface area contributed by atoms with Crippen LogP contribution in [-0.2, 0) is 14.4 Å². The highest BCUT2D eigenvalue weighted by atomic mass is 16.5. The number of unbranched alkanes of at least 4 members (excludes halogenated alkanes) is 14. The molecule has 0 aliphatic rings. The van der Waals surface area contributed by atoms with Crippen LogP contribution in [0.3, 0.4) is 0 Å². The van der Waals surface area contributed by atoms with Gasteiger partial charge < -0.3 is 20.3 Å². The number of hydrogen-bond donors (Lipinski definition) is 3. The first kappa shape index (κ1) is 31.5. The van der Waals surface area contributed by atoms with E-state index in [1.807, 2.05) is 12.1 Å². The average Bonchev–Trinajstić information content (AvgIpc) is 2.84. The van der Waals surface area contributed by atoms with Gasteiger partial charge in [-0.25, -0.2) is 0 Å². The molecule has 0 spiro atoms. The fraction of sp³-hybridized carbons (Fsp3) is 0.690. The van der Waals surface area contributed by atoms with Gasteiger partial charge in [-0.05, 0) is 31.4 Å². The number of carboxylic acids is 2. The van der Waals surface area contributed by atoms with Crippen molar-refractivity contribution in [3.8, 4) is 5.75 Å². The summed E-state index contributed by atoms with van der Waals surface area (Å²) >= 11 is 0. The molecule has 7 heteroatoms. The van der Waals surface area contributed by atoms with E-state index in [4.69, 9.17) is 14.9 Å². The number of carbonyl (C=O) groups excluding carboxylic acids is 1. The molecule has 0 radical (unpaired) electrons. The predicted molar refractivity (Wildman–Crippen MR) is 144 cm³/mol. The Balaban J connectivity index is 1.94. The number of carbonyl (C=O) groups is 3. The molecule has 36 heavy (non-hydrogen) atoms. The summed E-state index contributed by atoms with van der Waals surface area (Å²) in [5.74, 6) is -0.969. The Morgan fingerprint density at radius 1 is 0.583 bits per heavy atom. The quantitative estimate of drug-likeness (QED) is 0.125. The molecule has 0 saturated heterocycles. The van der Waals surface area contributed by atoms with Crippen LogP contribution < -0.4 is 10.1 Å². The number of amides is 1. The maximum atomic E-state index is 12.3. The van der Waals surface area contributed by atoms with E-state index < -0.39 is 11.9 Å². The first-order valence-electron chi connectivity index (χ1n) is 13.9. The second-order valence-corrected chi connectivity index (χ2v) is 9.59. The molecule has 1 amide bonds. The minimum Gasteiger partial charge on any atom is -0.491 e. The summed E-state index contributed by atoms with van der Waals surface area (Å²) < 4.78 is 5.64. The summed E-state index contributed by atoms with van der Waals surface area (Å²) in [7, 11) is 0. The first-order valence-corrected chi connectivity index (χ1v) is 13.9. The van der Waals surface area contributed by atoms with Crippen LogP contribution in [0.1, 0.15) is 122 Å². The highest BCUT2D eigenvalue weighted by Gasteiger charge is 2.08. The molecule has 0 aliphatic carbocycles. The van der Waals surface area contributed by atoms with Gasteiger partial charge in [0.2, 0.25) is 5.91 Å². The second kappa shape index (κ2) is 21.7. The summed E-state index contributed by atoms with van der Waals surface area (Å²) in [4.78, 5) is 33.3. The maximum Gasteiger partial charge on any atom is 0.303 e. The van der Waals surface area contributed by atoms with Gasteiger partial charge in [-0.1, -0.05) is 95.6 Å². The van der Waals surface area contributed by atoms with Crippen LogP contribution in [0.2, 0.25) is 0 Å². The molecule has 0 fully saturated rings. The van der Waals surface area contributed by atoms with Crippen molar-refractivity contribution in [2.75, 3.05) is 11.9 Å². The Labute approximate surface area is 217 Å². The number of aliphatic carboxylic acids is 2. The fourth-order valence-electron chi connectivity index (χ4n) is 4.17. The van der Waals surface area contributed by atoms with Gasteiger partial charge in [0.25, 0.3) is 0 Å². The molecule has 0 aliphatic heterocycles. The van der Waals surface area contributed by atoms with Gasteiger partial charge >= 0.3 is 11.9 Å². The van der Waals surface area contributed by atoms with E-state index in [1.54, 1.807) is 12.1 Å². The van der Waals surface area contributed by atoms with Gasteiger partial charge in [0.05, 0.1) is 12.3 Å². The van der Waals surface area contributed by atoms with Crippen molar-refractivity contribution >= 4 is 23.5 Å². The van der Waals surface area contributed by atoms with Crippen molar-refractivity contribution in [1.82, 2.24) is 0 Å². The lowest BCUT2D eigenvalue weighted by molar-refractivity contribution is -0.138. The minimum absolute atomic E-state index is 0.0168.